The zero-order chi connectivity index (χ0) is 9.99. The van der Waals surface area contributed by atoms with Gasteiger partial charge in [-0.25, -0.2) is 0 Å². The first-order chi connectivity index (χ1) is 5.12. The van der Waals surface area contributed by atoms with E-state index in [4.69, 9.17) is 8.85 Å². The fraction of sp³-hybridized carbons (Fsp3) is 1.00. The van der Waals surface area contributed by atoms with Crippen molar-refractivity contribution in [3.05, 3.63) is 0 Å². The molecule has 74 valence electrons. The van der Waals surface area contributed by atoms with Crippen LogP contribution < -0.4 is 0 Å². The van der Waals surface area contributed by atoms with E-state index in [0.29, 0.717) is 0 Å². The van der Waals surface area contributed by atoms with Crippen LogP contribution in [0.5, 0.6) is 0 Å². The van der Waals surface area contributed by atoms with Crippen molar-refractivity contribution in [1.82, 2.24) is 0 Å². The van der Waals surface area contributed by atoms with E-state index in [0.717, 1.165) is 0 Å². The molecule has 0 N–H and O–H groups in total. The lowest BCUT2D eigenvalue weighted by Crippen LogP contribution is -2.42. The van der Waals surface area contributed by atoms with Crippen molar-refractivity contribution >= 4 is 21.2 Å². The molecule has 0 aromatic carbocycles. The Hall–Kier alpha value is 0.487. The zero-order valence-corrected chi connectivity index (χ0v) is 10.7. The van der Waals surface area contributed by atoms with Crippen molar-refractivity contribution in [2.45, 2.75) is 51.8 Å². The van der Waals surface area contributed by atoms with Crippen LogP contribution in [0.2, 0.25) is 13.1 Å². The lowest BCUT2D eigenvalue weighted by Gasteiger charge is -2.32. The van der Waals surface area contributed by atoms with Gasteiger partial charge in [-0.05, 0) is 40.8 Å². The van der Waals surface area contributed by atoms with Crippen molar-refractivity contribution in [3.63, 3.8) is 0 Å². The molecule has 0 rings (SSSR count). The zero-order valence-electron chi connectivity index (χ0n) is 8.84. The lowest BCUT2D eigenvalue weighted by molar-refractivity contribution is 0.0992. The Balaban J connectivity index is 4.04. The van der Waals surface area contributed by atoms with Gasteiger partial charge in [-0.2, -0.15) is 0 Å². The van der Waals surface area contributed by atoms with Gasteiger partial charge in [-0.15, -0.1) is 12.6 Å². The summed E-state index contributed by atoms with van der Waals surface area (Å²) in [6.07, 6.45) is 0.224. The molecular weight excluding hydrogens is 188 g/mol. The van der Waals surface area contributed by atoms with Crippen molar-refractivity contribution in [2.75, 3.05) is 0 Å². The molecule has 0 aliphatic heterocycles. The first-order valence-corrected chi connectivity index (χ1v) is 7.49. The summed E-state index contributed by atoms with van der Waals surface area (Å²) < 4.78 is 11.4. The van der Waals surface area contributed by atoms with Gasteiger partial charge in [0.15, 0.2) is 0 Å². The van der Waals surface area contributed by atoms with Gasteiger partial charge < -0.3 is 8.85 Å². The highest BCUT2D eigenvalue weighted by molar-refractivity contribution is 7.81. The van der Waals surface area contributed by atoms with E-state index < -0.39 is 13.5 Å². The van der Waals surface area contributed by atoms with E-state index >= 15 is 0 Å². The van der Waals surface area contributed by atoms with Crippen LogP contribution in [-0.4, -0.2) is 19.6 Å². The maximum Gasteiger partial charge on any atom is 0.332 e. The molecule has 0 amide bonds. The van der Waals surface area contributed by atoms with E-state index in [-0.39, 0.29) is 6.10 Å². The van der Waals surface area contributed by atoms with E-state index in [1.807, 2.05) is 40.8 Å². The summed E-state index contributed by atoms with van der Waals surface area (Å²) in [5, 5.41) is 0. The molecule has 0 bridgehead atoms. The normalized spacial score (nSPS) is 14.0. The number of hydrogen-bond acceptors (Lipinski definition) is 3. The van der Waals surface area contributed by atoms with Gasteiger partial charge in [-0.3, -0.25) is 0 Å². The molecule has 0 spiro atoms. The van der Waals surface area contributed by atoms with E-state index in [1.165, 1.54) is 0 Å². The van der Waals surface area contributed by atoms with Gasteiger partial charge in [0.2, 0.25) is 0 Å². The predicted octanol–water partition coefficient (Wildman–Crippen LogP) is 2.80. The highest BCUT2D eigenvalue weighted by Crippen LogP contribution is 2.22. The van der Waals surface area contributed by atoms with Gasteiger partial charge in [0, 0.05) is 6.10 Å². The number of rotatable bonds is 4. The van der Waals surface area contributed by atoms with E-state index in [2.05, 4.69) is 12.6 Å². The quantitative estimate of drug-likeness (QED) is 0.435. The Morgan fingerprint density at radius 1 is 1.25 bits per heavy atom. The van der Waals surface area contributed by atoms with Crippen LogP contribution in [0, 0.1) is 0 Å². The molecule has 0 aromatic heterocycles. The van der Waals surface area contributed by atoms with Crippen molar-refractivity contribution in [3.8, 4) is 0 Å². The molecule has 0 radical (unpaired) electrons. The van der Waals surface area contributed by atoms with Crippen LogP contribution in [-0.2, 0) is 8.85 Å². The molecule has 2 nitrogen and oxygen atoms in total. The summed E-state index contributed by atoms with van der Waals surface area (Å²) in [5.74, 6) is 0. The number of thiol groups is 1. The third-order valence-electron chi connectivity index (χ3n) is 1.02. The van der Waals surface area contributed by atoms with Crippen LogP contribution in [0.25, 0.3) is 0 Å². The standard InChI is InChI=1S/C8H20O2SSi/c1-7(2)9-12(5,6)10-8(3,4)11/h7,11H,1-6H3. The molecule has 0 aliphatic carbocycles. The van der Waals surface area contributed by atoms with Crippen LogP contribution in [0.1, 0.15) is 27.7 Å². The fourth-order valence-electron chi connectivity index (χ4n) is 1.19. The Labute approximate surface area is 82.3 Å². The lowest BCUT2D eigenvalue weighted by atomic mass is 10.5. The third kappa shape index (κ3) is 7.15. The molecule has 0 unspecified atom stereocenters. The summed E-state index contributed by atoms with van der Waals surface area (Å²) in [4.78, 5) is -0.398. The summed E-state index contributed by atoms with van der Waals surface area (Å²) in [5.41, 5.74) is 0. The molecule has 12 heavy (non-hydrogen) atoms. The van der Waals surface area contributed by atoms with Gasteiger partial charge in [0.1, 0.15) is 0 Å². The molecule has 0 heterocycles. The maximum absolute atomic E-state index is 5.72. The molecule has 0 fully saturated rings. The average Bonchev–Trinajstić information content (AvgIpc) is 1.48. The van der Waals surface area contributed by atoms with E-state index in [9.17, 15) is 0 Å². The Morgan fingerprint density at radius 3 is 1.92 bits per heavy atom. The molecule has 0 atom stereocenters. The Bertz CT molecular complexity index is 140. The highest BCUT2D eigenvalue weighted by atomic mass is 32.1. The molecule has 0 aromatic rings. The van der Waals surface area contributed by atoms with Crippen LogP contribution in [0.4, 0.5) is 0 Å². The van der Waals surface area contributed by atoms with Gasteiger partial charge in [0.25, 0.3) is 0 Å². The van der Waals surface area contributed by atoms with E-state index in [1.54, 1.807) is 0 Å². The second-order valence-electron chi connectivity index (χ2n) is 4.12. The monoisotopic (exact) mass is 208 g/mol. The second kappa shape index (κ2) is 4.13. The highest BCUT2D eigenvalue weighted by Gasteiger charge is 2.31. The molecular formula is C8H20O2SSi. The predicted molar refractivity (Wildman–Crippen MR) is 57.9 cm³/mol. The smallest absolute Gasteiger partial charge is 0.332 e. The van der Waals surface area contributed by atoms with Gasteiger partial charge in [-0.1, -0.05) is 0 Å². The Morgan fingerprint density at radius 2 is 1.67 bits per heavy atom. The van der Waals surface area contributed by atoms with Crippen molar-refractivity contribution < 1.29 is 8.85 Å². The molecule has 4 heteroatoms. The van der Waals surface area contributed by atoms with Crippen LogP contribution in [0.3, 0.4) is 0 Å². The SMILES string of the molecule is CC(C)O[Si](C)(C)OC(C)(C)S. The summed E-state index contributed by atoms with van der Waals surface area (Å²) in [6, 6.07) is 0. The van der Waals surface area contributed by atoms with Crippen LogP contribution in [0.15, 0.2) is 0 Å². The second-order valence-corrected chi connectivity index (χ2v) is 8.43. The molecule has 0 saturated carbocycles. The van der Waals surface area contributed by atoms with Crippen LogP contribution >= 0.6 is 12.6 Å². The first kappa shape index (κ1) is 12.5. The molecule has 0 aliphatic rings. The minimum absolute atomic E-state index is 0.224. The minimum atomic E-state index is -1.98. The number of hydrogen-bond donors (Lipinski definition) is 1. The largest absolute Gasteiger partial charge is 0.392 e. The third-order valence-corrected chi connectivity index (χ3v) is 3.32. The fourth-order valence-corrected chi connectivity index (χ4v) is 4.24. The van der Waals surface area contributed by atoms with Crippen molar-refractivity contribution in [2.24, 2.45) is 0 Å². The minimum Gasteiger partial charge on any atom is -0.392 e. The average molecular weight is 208 g/mol. The first-order valence-electron chi connectivity index (χ1n) is 4.23. The molecule has 0 saturated heterocycles. The summed E-state index contributed by atoms with van der Waals surface area (Å²) in [7, 11) is -1.98. The van der Waals surface area contributed by atoms with Gasteiger partial charge in [0.05, 0.1) is 4.93 Å². The maximum atomic E-state index is 5.72. The topological polar surface area (TPSA) is 18.5 Å². The summed E-state index contributed by atoms with van der Waals surface area (Å²) >= 11 is 4.30. The Kier molecular flexibility index (Phi) is 4.30. The van der Waals surface area contributed by atoms with Crippen molar-refractivity contribution in [1.29, 1.82) is 0 Å². The summed E-state index contributed by atoms with van der Waals surface area (Å²) in [6.45, 7) is 12.0. The van der Waals surface area contributed by atoms with Gasteiger partial charge >= 0.3 is 8.56 Å².